The second-order valence-corrected chi connectivity index (χ2v) is 6.97. The minimum Gasteiger partial charge on any atom is -0.300 e. The summed E-state index contributed by atoms with van der Waals surface area (Å²) in [6.07, 6.45) is 6.36. The van der Waals surface area contributed by atoms with Crippen LogP contribution in [0.15, 0.2) is 0 Å². The zero-order chi connectivity index (χ0) is 13.9. The van der Waals surface area contributed by atoms with Crippen LogP contribution in [0.1, 0.15) is 52.9 Å². The summed E-state index contributed by atoms with van der Waals surface area (Å²) in [6, 6.07) is 3.02. The van der Waals surface area contributed by atoms with Crippen molar-refractivity contribution >= 4 is 0 Å². The first-order chi connectivity index (χ1) is 9.05. The number of rotatable bonds is 5. The summed E-state index contributed by atoms with van der Waals surface area (Å²) in [4.78, 5) is 2.53. The highest BCUT2D eigenvalue weighted by molar-refractivity contribution is 5.17. The zero-order valence-electron chi connectivity index (χ0n) is 12.8. The van der Waals surface area contributed by atoms with Gasteiger partial charge in [-0.2, -0.15) is 5.26 Å². The van der Waals surface area contributed by atoms with E-state index in [4.69, 9.17) is 0 Å². The van der Waals surface area contributed by atoms with E-state index >= 15 is 0 Å². The van der Waals surface area contributed by atoms with E-state index in [-0.39, 0.29) is 5.54 Å². The minimum atomic E-state index is -0.304. The van der Waals surface area contributed by atoms with Gasteiger partial charge in [0.15, 0.2) is 0 Å². The Labute approximate surface area is 118 Å². The fraction of sp³-hybridized carbons (Fsp3) is 0.938. The monoisotopic (exact) mass is 263 g/mol. The smallest absolute Gasteiger partial charge is 0.122 e. The Morgan fingerprint density at radius 1 is 1.26 bits per heavy atom. The van der Waals surface area contributed by atoms with Crippen LogP contribution in [-0.2, 0) is 0 Å². The molecule has 0 spiro atoms. The molecule has 0 aromatic rings. The standard InChI is InChI=1S/C16H29N3/c1-13(2)18-16(11-17,15-6-7-15)12-19-9-4-5-14(3)8-10-19/h13-15,18H,4-10,12H2,1-3H3. The van der Waals surface area contributed by atoms with E-state index in [0.717, 1.165) is 19.0 Å². The molecule has 1 saturated carbocycles. The fourth-order valence-electron chi connectivity index (χ4n) is 3.38. The number of nitriles is 1. The van der Waals surface area contributed by atoms with Crippen LogP contribution in [0.2, 0.25) is 0 Å². The lowest BCUT2D eigenvalue weighted by molar-refractivity contribution is 0.191. The Hall–Kier alpha value is -0.590. The maximum absolute atomic E-state index is 9.75. The van der Waals surface area contributed by atoms with Crippen molar-refractivity contribution in [3.63, 3.8) is 0 Å². The lowest BCUT2D eigenvalue weighted by atomic mass is 9.93. The van der Waals surface area contributed by atoms with E-state index in [0.29, 0.717) is 12.0 Å². The average Bonchev–Trinajstić information content (AvgIpc) is 3.17. The topological polar surface area (TPSA) is 39.1 Å². The highest BCUT2D eigenvalue weighted by Gasteiger charge is 2.46. The molecule has 2 atom stereocenters. The molecular formula is C16H29N3. The van der Waals surface area contributed by atoms with Crippen molar-refractivity contribution in [1.29, 1.82) is 5.26 Å². The quantitative estimate of drug-likeness (QED) is 0.829. The van der Waals surface area contributed by atoms with Gasteiger partial charge in [-0.15, -0.1) is 0 Å². The molecule has 0 radical (unpaired) electrons. The molecule has 1 aliphatic heterocycles. The summed E-state index contributed by atoms with van der Waals surface area (Å²) in [5.41, 5.74) is -0.304. The van der Waals surface area contributed by atoms with Crippen LogP contribution in [0.25, 0.3) is 0 Å². The number of hydrogen-bond acceptors (Lipinski definition) is 3. The summed E-state index contributed by atoms with van der Waals surface area (Å²) in [5.74, 6) is 1.42. The molecule has 0 aromatic carbocycles. The Morgan fingerprint density at radius 2 is 2.00 bits per heavy atom. The molecule has 2 aliphatic rings. The summed E-state index contributed by atoms with van der Waals surface area (Å²) in [5, 5.41) is 13.3. The van der Waals surface area contributed by atoms with Gasteiger partial charge in [-0.1, -0.05) is 6.92 Å². The number of hydrogen-bond donors (Lipinski definition) is 1. The van der Waals surface area contributed by atoms with E-state index in [1.807, 2.05) is 0 Å². The lowest BCUT2D eigenvalue weighted by Gasteiger charge is -2.35. The van der Waals surface area contributed by atoms with Gasteiger partial charge in [-0.3, -0.25) is 5.32 Å². The van der Waals surface area contributed by atoms with E-state index in [1.165, 1.54) is 38.6 Å². The molecule has 2 fully saturated rings. The summed E-state index contributed by atoms with van der Waals surface area (Å²) in [7, 11) is 0. The lowest BCUT2D eigenvalue weighted by Crippen LogP contribution is -2.56. The van der Waals surface area contributed by atoms with Gasteiger partial charge in [-0.25, -0.2) is 0 Å². The van der Waals surface area contributed by atoms with Crippen LogP contribution in [0, 0.1) is 23.2 Å². The molecule has 1 saturated heterocycles. The zero-order valence-corrected chi connectivity index (χ0v) is 12.8. The van der Waals surface area contributed by atoms with Crippen LogP contribution in [0.5, 0.6) is 0 Å². The van der Waals surface area contributed by atoms with Crippen molar-refractivity contribution < 1.29 is 0 Å². The Kier molecular flexibility index (Phi) is 4.86. The van der Waals surface area contributed by atoms with E-state index < -0.39 is 0 Å². The van der Waals surface area contributed by atoms with Crippen LogP contribution in [-0.4, -0.2) is 36.1 Å². The van der Waals surface area contributed by atoms with E-state index in [2.05, 4.69) is 37.1 Å². The maximum atomic E-state index is 9.75. The van der Waals surface area contributed by atoms with E-state index in [1.54, 1.807) is 0 Å². The molecule has 1 aliphatic carbocycles. The third-order valence-electron chi connectivity index (χ3n) is 4.60. The van der Waals surface area contributed by atoms with Gasteiger partial charge >= 0.3 is 0 Å². The molecule has 3 nitrogen and oxygen atoms in total. The van der Waals surface area contributed by atoms with Gasteiger partial charge in [0.1, 0.15) is 5.54 Å². The Balaban J connectivity index is 2.01. The predicted octanol–water partition coefficient (Wildman–Crippen LogP) is 2.78. The largest absolute Gasteiger partial charge is 0.300 e. The SMILES string of the molecule is CC1CCCN(CC(C#N)(NC(C)C)C2CC2)CC1. The van der Waals surface area contributed by atoms with Gasteiger partial charge < -0.3 is 4.90 Å². The van der Waals surface area contributed by atoms with E-state index in [9.17, 15) is 5.26 Å². The minimum absolute atomic E-state index is 0.304. The number of nitrogens with zero attached hydrogens (tertiary/aromatic N) is 2. The molecule has 1 N–H and O–H groups in total. The van der Waals surface area contributed by atoms with Gasteiger partial charge in [0, 0.05) is 12.6 Å². The molecular weight excluding hydrogens is 234 g/mol. The van der Waals surface area contributed by atoms with Gasteiger partial charge in [-0.05, 0) is 70.9 Å². The molecule has 0 amide bonds. The van der Waals surface area contributed by atoms with Crippen LogP contribution >= 0.6 is 0 Å². The highest BCUT2D eigenvalue weighted by atomic mass is 15.2. The summed E-state index contributed by atoms with van der Waals surface area (Å²) < 4.78 is 0. The molecule has 19 heavy (non-hydrogen) atoms. The van der Waals surface area contributed by atoms with Crippen molar-refractivity contribution in [3.05, 3.63) is 0 Å². The first-order valence-electron chi connectivity index (χ1n) is 7.97. The first kappa shape index (κ1) is 14.8. The highest BCUT2D eigenvalue weighted by Crippen LogP contribution is 2.40. The van der Waals surface area contributed by atoms with Gasteiger partial charge in [0.25, 0.3) is 0 Å². The average molecular weight is 263 g/mol. The first-order valence-corrected chi connectivity index (χ1v) is 7.97. The fourth-order valence-corrected chi connectivity index (χ4v) is 3.38. The Bertz CT molecular complexity index is 329. The predicted molar refractivity (Wildman–Crippen MR) is 78.8 cm³/mol. The van der Waals surface area contributed by atoms with Gasteiger partial charge in [0.2, 0.25) is 0 Å². The van der Waals surface area contributed by atoms with Crippen molar-refractivity contribution in [2.75, 3.05) is 19.6 Å². The Morgan fingerprint density at radius 3 is 2.58 bits per heavy atom. The molecule has 3 heteroatoms. The van der Waals surface area contributed by atoms with Crippen molar-refractivity contribution in [2.24, 2.45) is 11.8 Å². The molecule has 1 heterocycles. The second-order valence-electron chi connectivity index (χ2n) is 6.97. The number of nitrogens with one attached hydrogen (secondary N) is 1. The molecule has 2 unspecified atom stereocenters. The third kappa shape index (κ3) is 3.94. The number of likely N-dealkylation sites (tertiary alicyclic amines) is 1. The van der Waals surface area contributed by atoms with Gasteiger partial charge in [0.05, 0.1) is 6.07 Å². The molecule has 0 bridgehead atoms. The summed E-state index contributed by atoms with van der Waals surface area (Å²) in [6.45, 7) is 9.91. The normalized spacial score (nSPS) is 28.7. The van der Waals surface area contributed by atoms with Crippen molar-refractivity contribution in [1.82, 2.24) is 10.2 Å². The maximum Gasteiger partial charge on any atom is 0.122 e. The van der Waals surface area contributed by atoms with Crippen LogP contribution < -0.4 is 5.32 Å². The third-order valence-corrected chi connectivity index (χ3v) is 4.60. The molecule has 0 aromatic heterocycles. The van der Waals surface area contributed by atoms with Crippen molar-refractivity contribution in [2.45, 2.75) is 64.5 Å². The second kappa shape index (κ2) is 6.24. The van der Waals surface area contributed by atoms with Crippen LogP contribution in [0.3, 0.4) is 0 Å². The molecule has 2 rings (SSSR count). The molecule has 108 valence electrons. The van der Waals surface area contributed by atoms with Crippen molar-refractivity contribution in [3.8, 4) is 6.07 Å². The summed E-state index contributed by atoms with van der Waals surface area (Å²) >= 11 is 0. The van der Waals surface area contributed by atoms with Crippen LogP contribution in [0.4, 0.5) is 0 Å².